The van der Waals surface area contributed by atoms with E-state index in [1.54, 1.807) is 0 Å². The standard InChI is InChI=1S/C17H23Br/c1-2-3-5-12-8-10-13(11-9-12)17(18)16-14-6-4-7-15(14)16/h8-11,14-17H,2-7H2,1H3. The fraction of sp³-hybridized carbons (Fsp3) is 0.647. The first-order valence-electron chi connectivity index (χ1n) is 7.54. The second-order valence-electron chi connectivity index (χ2n) is 6.08. The molecule has 0 amide bonds. The first kappa shape index (κ1) is 12.7. The lowest BCUT2D eigenvalue weighted by Gasteiger charge is -2.13. The van der Waals surface area contributed by atoms with E-state index in [-0.39, 0.29) is 0 Å². The van der Waals surface area contributed by atoms with Crippen molar-refractivity contribution in [1.29, 1.82) is 0 Å². The maximum Gasteiger partial charge on any atom is 0.0429 e. The molecule has 3 rings (SSSR count). The minimum absolute atomic E-state index is 0.605. The zero-order chi connectivity index (χ0) is 12.5. The Morgan fingerprint density at radius 2 is 1.83 bits per heavy atom. The third-order valence-electron chi connectivity index (χ3n) is 4.93. The fourth-order valence-electron chi connectivity index (χ4n) is 3.78. The normalized spacial score (nSPS) is 31.1. The Kier molecular flexibility index (Phi) is 3.79. The van der Waals surface area contributed by atoms with Crippen molar-refractivity contribution < 1.29 is 0 Å². The molecule has 18 heavy (non-hydrogen) atoms. The van der Waals surface area contributed by atoms with E-state index in [0.29, 0.717) is 4.83 Å². The SMILES string of the molecule is CCCCc1ccc(C(Br)C2C3CCCC32)cc1. The molecule has 0 N–H and O–H groups in total. The van der Waals surface area contributed by atoms with Crippen LogP contribution in [0.1, 0.15) is 55.0 Å². The molecule has 0 radical (unpaired) electrons. The van der Waals surface area contributed by atoms with Crippen molar-refractivity contribution >= 4 is 15.9 Å². The summed E-state index contributed by atoms with van der Waals surface area (Å²) in [6.45, 7) is 2.26. The Bertz CT molecular complexity index is 385. The van der Waals surface area contributed by atoms with Crippen molar-refractivity contribution in [1.82, 2.24) is 0 Å². The summed E-state index contributed by atoms with van der Waals surface area (Å²) in [6.07, 6.45) is 8.26. The minimum Gasteiger partial charge on any atom is -0.0836 e. The summed E-state index contributed by atoms with van der Waals surface area (Å²) in [5.74, 6) is 3.00. The highest BCUT2D eigenvalue weighted by molar-refractivity contribution is 9.09. The van der Waals surface area contributed by atoms with Gasteiger partial charge in [-0.2, -0.15) is 0 Å². The highest BCUT2D eigenvalue weighted by Gasteiger charge is 2.55. The molecular weight excluding hydrogens is 284 g/mol. The minimum atomic E-state index is 0.605. The van der Waals surface area contributed by atoms with E-state index in [1.807, 2.05) is 0 Å². The molecule has 0 aromatic heterocycles. The molecule has 98 valence electrons. The average molecular weight is 307 g/mol. The maximum atomic E-state index is 3.95. The van der Waals surface area contributed by atoms with Gasteiger partial charge in [0.05, 0.1) is 0 Å². The lowest BCUT2D eigenvalue weighted by atomic mass is 10.0. The van der Waals surface area contributed by atoms with Gasteiger partial charge >= 0.3 is 0 Å². The predicted octanol–water partition coefficient (Wildman–Crippen LogP) is 5.51. The van der Waals surface area contributed by atoms with E-state index in [0.717, 1.165) is 17.8 Å². The summed E-state index contributed by atoms with van der Waals surface area (Å²) in [5.41, 5.74) is 2.99. The molecule has 1 aromatic rings. The Labute approximate surface area is 119 Å². The highest BCUT2D eigenvalue weighted by atomic mass is 79.9. The van der Waals surface area contributed by atoms with E-state index in [9.17, 15) is 0 Å². The molecule has 3 atom stereocenters. The zero-order valence-electron chi connectivity index (χ0n) is 11.2. The smallest absolute Gasteiger partial charge is 0.0429 e. The molecule has 2 aliphatic rings. The maximum absolute atomic E-state index is 3.95. The van der Waals surface area contributed by atoms with Crippen LogP contribution in [0.15, 0.2) is 24.3 Å². The van der Waals surface area contributed by atoms with Gasteiger partial charge in [-0.05, 0) is 54.6 Å². The molecule has 0 aliphatic heterocycles. The average Bonchev–Trinajstić information content (AvgIpc) is 2.88. The van der Waals surface area contributed by atoms with Crippen LogP contribution >= 0.6 is 15.9 Å². The van der Waals surface area contributed by atoms with Gasteiger partial charge in [0.1, 0.15) is 0 Å². The van der Waals surface area contributed by atoms with E-state index in [1.165, 1.54) is 49.7 Å². The Hall–Kier alpha value is -0.300. The van der Waals surface area contributed by atoms with Crippen LogP contribution < -0.4 is 0 Å². The second-order valence-corrected chi connectivity index (χ2v) is 7.07. The summed E-state index contributed by atoms with van der Waals surface area (Å²) in [5, 5.41) is 0. The number of rotatable bonds is 5. The highest BCUT2D eigenvalue weighted by Crippen LogP contribution is 2.64. The van der Waals surface area contributed by atoms with Gasteiger partial charge in [0.25, 0.3) is 0 Å². The van der Waals surface area contributed by atoms with Gasteiger partial charge in [0, 0.05) is 4.83 Å². The van der Waals surface area contributed by atoms with Gasteiger partial charge in [0.2, 0.25) is 0 Å². The number of hydrogen-bond acceptors (Lipinski definition) is 0. The zero-order valence-corrected chi connectivity index (χ0v) is 12.8. The Balaban J connectivity index is 1.62. The molecule has 3 unspecified atom stereocenters. The van der Waals surface area contributed by atoms with Crippen LogP contribution in [0.25, 0.3) is 0 Å². The number of benzene rings is 1. The molecule has 2 saturated carbocycles. The molecule has 0 bridgehead atoms. The van der Waals surface area contributed by atoms with Crippen molar-refractivity contribution in [2.75, 3.05) is 0 Å². The topological polar surface area (TPSA) is 0 Å². The Morgan fingerprint density at radius 1 is 1.17 bits per heavy atom. The summed E-state index contributed by atoms with van der Waals surface area (Å²) in [4.78, 5) is 0.605. The summed E-state index contributed by atoms with van der Waals surface area (Å²) >= 11 is 3.95. The van der Waals surface area contributed by atoms with Crippen LogP contribution in [0.2, 0.25) is 0 Å². The summed E-state index contributed by atoms with van der Waals surface area (Å²) in [7, 11) is 0. The molecule has 0 heterocycles. The number of alkyl halides is 1. The first-order valence-corrected chi connectivity index (χ1v) is 8.45. The molecule has 1 heteroatoms. The van der Waals surface area contributed by atoms with E-state index >= 15 is 0 Å². The van der Waals surface area contributed by atoms with Crippen molar-refractivity contribution in [3.05, 3.63) is 35.4 Å². The van der Waals surface area contributed by atoms with Gasteiger partial charge < -0.3 is 0 Å². The molecule has 1 aromatic carbocycles. The van der Waals surface area contributed by atoms with Gasteiger partial charge in [-0.15, -0.1) is 0 Å². The van der Waals surface area contributed by atoms with Crippen LogP contribution in [0, 0.1) is 17.8 Å². The van der Waals surface area contributed by atoms with Crippen LogP contribution in [0.5, 0.6) is 0 Å². The van der Waals surface area contributed by atoms with Gasteiger partial charge in [-0.3, -0.25) is 0 Å². The van der Waals surface area contributed by atoms with Crippen LogP contribution in [0.4, 0.5) is 0 Å². The predicted molar refractivity (Wildman–Crippen MR) is 81.0 cm³/mol. The van der Waals surface area contributed by atoms with E-state index in [2.05, 4.69) is 47.1 Å². The molecule has 0 nitrogen and oxygen atoms in total. The van der Waals surface area contributed by atoms with Gasteiger partial charge in [-0.25, -0.2) is 0 Å². The molecule has 2 aliphatic carbocycles. The van der Waals surface area contributed by atoms with E-state index in [4.69, 9.17) is 0 Å². The third-order valence-corrected chi connectivity index (χ3v) is 6.07. The number of halogens is 1. The van der Waals surface area contributed by atoms with Crippen LogP contribution in [-0.2, 0) is 6.42 Å². The molecule has 2 fully saturated rings. The molecular formula is C17H23Br. The quantitative estimate of drug-likeness (QED) is 0.629. The van der Waals surface area contributed by atoms with Gasteiger partial charge in [-0.1, -0.05) is 60.0 Å². The lowest BCUT2D eigenvalue weighted by molar-refractivity contribution is 0.583. The molecule has 0 saturated heterocycles. The first-order chi connectivity index (χ1) is 8.81. The van der Waals surface area contributed by atoms with Crippen LogP contribution in [-0.4, -0.2) is 0 Å². The van der Waals surface area contributed by atoms with Crippen molar-refractivity contribution in [2.45, 2.75) is 50.3 Å². The number of aryl methyl sites for hydroxylation is 1. The summed E-state index contributed by atoms with van der Waals surface area (Å²) < 4.78 is 0. The van der Waals surface area contributed by atoms with Gasteiger partial charge in [0.15, 0.2) is 0 Å². The lowest BCUT2D eigenvalue weighted by Crippen LogP contribution is -1.98. The number of unbranched alkanes of at least 4 members (excludes halogenated alkanes) is 1. The van der Waals surface area contributed by atoms with Crippen molar-refractivity contribution in [3.63, 3.8) is 0 Å². The number of hydrogen-bond donors (Lipinski definition) is 0. The van der Waals surface area contributed by atoms with Crippen molar-refractivity contribution in [3.8, 4) is 0 Å². The summed E-state index contributed by atoms with van der Waals surface area (Å²) in [6, 6.07) is 9.35. The number of fused-ring (bicyclic) bond motifs is 1. The molecule has 0 spiro atoms. The van der Waals surface area contributed by atoms with Crippen molar-refractivity contribution in [2.24, 2.45) is 17.8 Å². The third kappa shape index (κ3) is 2.39. The Morgan fingerprint density at radius 3 is 2.44 bits per heavy atom. The monoisotopic (exact) mass is 306 g/mol. The second kappa shape index (κ2) is 5.36. The van der Waals surface area contributed by atoms with Crippen LogP contribution in [0.3, 0.4) is 0 Å². The fourth-order valence-corrected chi connectivity index (χ4v) is 4.87. The van der Waals surface area contributed by atoms with E-state index < -0.39 is 0 Å². The largest absolute Gasteiger partial charge is 0.0836 e.